The van der Waals surface area contributed by atoms with Gasteiger partial charge in [-0.05, 0) is 55.3 Å². The van der Waals surface area contributed by atoms with Crippen LogP contribution in [0.4, 0.5) is 4.39 Å². The highest BCUT2D eigenvalue weighted by atomic mass is 35.5. The molecular formula is C22H22Cl2FN7O3. The van der Waals surface area contributed by atoms with Gasteiger partial charge in [-0.1, -0.05) is 23.2 Å². The molecule has 0 aliphatic heterocycles. The van der Waals surface area contributed by atoms with Crippen LogP contribution in [0, 0.1) is 5.82 Å². The molecule has 2 amide bonds. The number of tetrazole rings is 1. The van der Waals surface area contributed by atoms with E-state index in [0.717, 1.165) is 0 Å². The summed E-state index contributed by atoms with van der Waals surface area (Å²) < 4.78 is 21.9. The normalized spacial score (nSPS) is 14.8. The second-order valence-electron chi connectivity index (χ2n) is 8.15. The van der Waals surface area contributed by atoms with E-state index >= 15 is 4.39 Å². The van der Waals surface area contributed by atoms with Crippen LogP contribution in [-0.4, -0.2) is 49.2 Å². The van der Waals surface area contributed by atoms with Crippen molar-refractivity contribution in [1.29, 1.82) is 0 Å². The molecule has 10 nitrogen and oxygen atoms in total. The highest BCUT2D eigenvalue weighted by Gasteiger charge is 2.52. The van der Waals surface area contributed by atoms with Gasteiger partial charge in [0.2, 0.25) is 11.7 Å². The van der Waals surface area contributed by atoms with Crippen LogP contribution in [0.3, 0.4) is 0 Å². The van der Waals surface area contributed by atoms with Crippen molar-refractivity contribution in [3.8, 4) is 16.9 Å². The van der Waals surface area contributed by atoms with Crippen molar-refractivity contribution >= 4 is 35.0 Å². The lowest BCUT2D eigenvalue weighted by Gasteiger charge is -2.21. The Morgan fingerprint density at radius 2 is 2.03 bits per heavy atom. The molecule has 2 heterocycles. The van der Waals surface area contributed by atoms with Crippen molar-refractivity contribution in [2.24, 2.45) is 7.05 Å². The Balaban J connectivity index is 1.50. The molecule has 2 aromatic heterocycles. The Morgan fingerprint density at radius 3 is 2.63 bits per heavy atom. The molecular weight excluding hydrogens is 500 g/mol. The fourth-order valence-corrected chi connectivity index (χ4v) is 4.16. The number of amides is 2. The molecule has 1 aliphatic rings. The molecule has 0 spiro atoms. The molecule has 1 aliphatic carbocycles. The summed E-state index contributed by atoms with van der Waals surface area (Å²) in [6.07, 6.45) is 2.33. The van der Waals surface area contributed by atoms with Crippen LogP contribution >= 0.6 is 23.2 Å². The third-order valence-electron chi connectivity index (χ3n) is 5.60. The summed E-state index contributed by atoms with van der Waals surface area (Å²) in [5, 5.41) is 16.7. The second-order valence-corrected chi connectivity index (χ2v) is 8.99. The van der Waals surface area contributed by atoms with Gasteiger partial charge in [-0.3, -0.25) is 14.6 Å². The zero-order valence-corrected chi connectivity index (χ0v) is 20.6. The highest BCUT2D eigenvalue weighted by Crippen LogP contribution is 2.40. The van der Waals surface area contributed by atoms with Crippen LogP contribution < -0.4 is 15.4 Å². The van der Waals surface area contributed by atoms with E-state index in [1.807, 2.05) is 0 Å². The lowest BCUT2D eigenvalue weighted by Crippen LogP contribution is -2.50. The summed E-state index contributed by atoms with van der Waals surface area (Å²) in [5.74, 6) is -1.30. The van der Waals surface area contributed by atoms with Gasteiger partial charge in [-0.25, -0.2) is 9.07 Å². The SMILES string of the molecule is CCOc1c(Cl)cc(Cl)cc1-c1cnc([C@@H](C)NC(=O)C2(NC(=O)c3nnnn3C)CC2)c(F)c1. The standard InChI is InChI=1S/C22H22Cl2FN7O3/c1-4-35-18-14(8-13(23)9-15(18)24)12-7-16(25)17(26-10-12)11(2)27-21(34)22(5-6-22)28-20(33)19-29-30-31-32(19)3/h7-11H,4-6H2,1-3H3,(H,27,34)(H,28,33)/t11-/m1/s1. The van der Waals surface area contributed by atoms with Gasteiger partial charge in [-0.15, -0.1) is 5.10 Å². The van der Waals surface area contributed by atoms with Crippen LogP contribution in [0.25, 0.3) is 11.1 Å². The van der Waals surface area contributed by atoms with Crippen molar-refractivity contribution in [2.45, 2.75) is 38.3 Å². The van der Waals surface area contributed by atoms with E-state index in [9.17, 15) is 9.59 Å². The minimum absolute atomic E-state index is 0.0204. The van der Waals surface area contributed by atoms with E-state index in [-0.39, 0.29) is 11.5 Å². The van der Waals surface area contributed by atoms with Crippen molar-refractivity contribution in [1.82, 2.24) is 35.8 Å². The van der Waals surface area contributed by atoms with Gasteiger partial charge in [-0.2, -0.15) is 0 Å². The summed E-state index contributed by atoms with van der Waals surface area (Å²) in [6, 6.07) is 3.68. The number of nitrogens with one attached hydrogen (secondary N) is 2. The van der Waals surface area contributed by atoms with E-state index in [1.54, 1.807) is 26.0 Å². The number of nitrogens with zero attached hydrogens (tertiary/aromatic N) is 5. The molecule has 0 saturated heterocycles. The molecule has 3 aromatic rings. The van der Waals surface area contributed by atoms with Crippen molar-refractivity contribution in [3.05, 3.63) is 51.8 Å². The van der Waals surface area contributed by atoms with E-state index in [4.69, 9.17) is 27.9 Å². The summed E-state index contributed by atoms with van der Waals surface area (Å²) in [7, 11) is 1.52. The zero-order chi connectivity index (χ0) is 25.3. The van der Waals surface area contributed by atoms with E-state index in [1.165, 1.54) is 24.0 Å². The number of hydrogen-bond donors (Lipinski definition) is 2. The third kappa shape index (κ3) is 5.06. The average molecular weight is 522 g/mol. The molecule has 13 heteroatoms. The van der Waals surface area contributed by atoms with Gasteiger partial charge in [0.15, 0.2) is 0 Å². The second kappa shape index (κ2) is 9.74. The fraction of sp³-hybridized carbons (Fsp3) is 0.364. The van der Waals surface area contributed by atoms with Crippen LogP contribution in [-0.2, 0) is 11.8 Å². The number of rotatable bonds is 8. The first kappa shape index (κ1) is 24.8. The van der Waals surface area contributed by atoms with Gasteiger partial charge in [0.05, 0.1) is 23.4 Å². The lowest BCUT2D eigenvalue weighted by atomic mass is 10.0. The van der Waals surface area contributed by atoms with Gasteiger partial charge in [0, 0.05) is 29.4 Å². The summed E-state index contributed by atoms with van der Waals surface area (Å²) in [5.41, 5.74) is -0.150. The molecule has 4 rings (SSSR count). The Labute approximate surface area is 210 Å². The average Bonchev–Trinajstić information content (AvgIpc) is 3.46. The molecule has 0 radical (unpaired) electrons. The number of pyridine rings is 1. The smallest absolute Gasteiger partial charge is 0.291 e. The molecule has 1 saturated carbocycles. The number of carbonyl (C=O) groups excluding carboxylic acids is 2. The molecule has 0 unspecified atom stereocenters. The maximum atomic E-state index is 15.1. The number of ether oxygens (including phenoxy) is 1. The summed E-state index contributed by atoms with van der Waals surface area (Å²) >= 11 is 12.4. The summed E-state index contributed by atoms with van der Waals surface area (Å²) in [6.45, 7) is 3.77. The van der Waals surface area contributed by atoms with Crippen LogP contribution in [0.5, 0.6) is 5.75 Å². The molecule has 1 fully saturated rings. The Morgan fingerprint density at radius 1 is 1.29 bits per heavy atom. The molecule has 1 aromatic carbocycles. The number of aromatic nitrogens is 5. The van der Waals surface area contributed by atoms with Crippen molar-refractivity contribution in [3.63, 3.8) is 0 Å². The molecule has 184 valence electrons. The number of aryl methyl sites for hydroxylation is 1. The van der Waals surface area contributed by atoms with E-state index in [0.29, 0.717) is 46.4 Å². The van der Waals surface area contributed by atoms with Crippen LogP contribution in [0.2, 0.25) is 10.0 Å². The Bertz CT molecular complexity index is 1300. The lowest BCUT2D eigenvalue weighted by molar-refractivity contribution is -0.124. The van der Waals surface area contributed by atoms with Crippen molar-refractivity contribution in [2.75, 3.05) is 6.61 Å². The zero-order valence-electron chi connectivity index (χ0n) is 19.1. The first-order valence-electron chi connectivity index (χ1n) is 10.8. The predicted molar refractivity (Wildman–Crippen MR) is 126 cm³/mol. The predicted octanol–water partition coefficient (Wildman–Crippen LogP) is 3.26. The van der Waals surface area contributed by atoms with Gasteiger partial charge in [0.1, 0.15) is 17.1 Å². The largest absolute Gasteiger partial charge is 0.492 e. The number of carbonyl (C=O) groups is 2. The van der Waals surface area contributed by atoms with Gasteiger partial charge >= 0.3 is 0 Å². The molecule has 2 N–H and O–H groups in total. The molecule has 0 bridgehead atoms. The third-order valence-corrected chi connectivity index (χ3v) is 6.10. The van der Waals surface area contributed by atoms with Crippen LogP contribution in [0.1, 0.15) is 49.0 Å². The molecule has 35 heavy (non-hydrogen) atoms. The topological polar surface area (TPSA) is 124 Å². The number of hydrogen-bond acceptors (Lipinski definition) is 7. The highest BCUT2D eigenvalue weighted by molar-refractivity contribution is 6.36. The van der Waals surface area contributed by atoms with Gasteiger partial charge < -0.3 is 15.4 Å². The fourth-order valence-electron chi connectivity index (χ4n) is 3.61. The monoisotopic (exact) mass is 521 g/mol. The van der Waals surface area contributed by atoms with E-state index in [2.05, 4.69) is 31.1 Å². The maximum Gasteiger partial charge on any atom is 0.291 e. The van der Waals surface area contributed by atoms with Crippen LogP contribution in [0.15, 0.2) is 24.4 Å². The van der Waals surface area contributed by atoms with E-state index < -0.39 is 29.2 Å². The quantitative estimate of drug-likeness (QED) is 0.466. The maximum absolute atomic E-state index is 15.1. The Hall–Kier alpha value is -3.31. The van der Waals surface area contributed by atoms with Gasteiger partial charge in [0.25, 0.3) is 5.91 Å². The first-order chi connectivity index (χ1) is 16.6. The minimum Gasteiger partial charge on any atom is -0.492 e. The number of halogens is 3. The Kier molecular flexibility index (Phi) is 6.91. The number of benzene rings is 1. The minimum atomic E-state index is -1.10. The molecule has 1 atom stereocenters. The summed E-state index contributed by atoms with van der Waals surface area (Å²) in [4.78, 5) is 29.6. The van der Waals surface area contributed by atoms with Crippen molar-refractivity contribution < 1.29 is 18.7 Å². The first-order valence-corrected chi connectivity index (χ1v) is 11.5.